The van der Waals surface area contributed by atoms with Crippen molar-refractivity contribution >= 4 is 35.0 Å². The van der Waals surface area contributed by atoms with Gasteiger partial charge in [0.25, 0.3) is 5.91 Å². The van der Waals surface area contributed by atoms with Crippen molar-refractivity contribution in [2.24, 2.45) is 0 Å². The van der Waals surface area contributed by atoms with Crippen LogP contribution in [0, 0.1) is 0 Å². The summed E-state index contributed by atoms with van der Waals surface area (Å²) in [5, 5.41) is 2.89. The van der Waals surface area contributed by atoms with Crippen LogP contribution >= 0.6 is 11.8 Å². The molecular formula is C29H26N2O2S. The molecule has 0 heterocycles. The standard InChI is InChI=1S/C29H26N2O2S/c32-28(30-26-12-6-2-7-13-26)22-34-21-24-16-18-25(19-17-24)29(33)31(27-14-8-3-9-15-27)20-23-10-4-1-5-11-23/h1-19H,20-22H2,(H,30,32). The molecule has 0 spiro atoms. The van der Waals surface area contributed by atoms with Crippen LogP contribution in [0.25, 0.3) is 0 Å². The molecule has 34 heavy (non-hydrogen) atoms. The Morgan fingerprint density at radius 3 is 1.91 bits per heavy atom. The summed E-state index contributed by atoms with van der Waals surface area (Å²) in [5.74, 6) is 0.997. The Morgan fingerprint density at radius 2 is 1.26 bits per heavy atom. The molecule has 0 aliphatic heterocycles. The van der Waals surface area contributed by atoms with Gasteiger partial charge in [0.2, 0.25) is 5.91 Å². The average molecular weight is 467 g/mol. The summed E-state index contributed by atoms with van der Waals surface area (Å²) in [6, 6.07) is 36.8. The van der Waals surface area contributed by atoms with Crippen LogP contribution in [0.15, 0.2) is 115 Å². The monoisotopic (exact) mass is 466 g/mol. The van der Waals surface area contributed by atoms with E-state index in [1.54, 1.807) is 16.7 Å². The molecule has 0 radical (unpaired) electrons. The first-order valence-corrected chi connectivity index (χ1v) is 12.3. The smallest absolute Gasteiger partial charge is 0.258 e. The molecule has 4 aromatic rings. The van der Waals surface area contributed by atoms with Crippen molar-refractivity contribution in [3.05, 3.63) is 132 Å². The molecule has 0 unspecified atom stereocenters. The fraction of sp³-hybridized carbons (Fsp3) is 0.103. The molecule has 0 fully saturated rings. The van der Waals surface area contributed by atoms with Crippen LogP contribution in [0.3, 0.4) is 0 Å². The van der Waals surface area contributed by atoms with Gasteiger partial charge in [-0.1, -0.05) is 78.9 Å². The number of nitrogens with zero attached hydrogens (tertiary/aromatic N) is 1. The molecule has 2 amide bonds. The molecule has 5 heteroatoms. The SMILES string of the molecule is O=C(CSCc1ccc(C(=O)N(Cc2ccccc2)c2ccccc2)cc1)Nc1ccccc1. The highest BCUT2D eigenvalue weighted by molar-refractivity contribution is 7.99. The summed E-state index contributed by atoms with van der Waals surface area (Å²) in [5.41, 5.74) is 4.44. The largest absolute Gasteiger partial charge is 0.325 e. The van der Waals surface area contributed by atoms with Crippen molar-refractivity contribution in [3.63, 3.8) is 0 Å². The number of carbonyl (C=O) groups excluding carboxylic acids is 2. The van der Waals surface area contributed by atoms with Gasteiger partial charge in [-0.3, -0.25) is 9.59 Å². The van der Waals surface area contributed by atoms with Crippen LogP contribution in [0.5, 0.6) is 0 Å². The summed E-state index contributed by atoms with van der Waals surface area (Å²) in [6.07, 6.45) is 0. The lowest BCUT2D eigenvalue weighted by atomic mass is 10.1. The maximum Gasteiger partial charge on any atom is 0.258 e. The predicted octanol–water partition coefficient (Wildman–Crippen LogP) is 6.41. The third-order valence-corrected chi connectivity index (χ3v) is 6.26. The second-order valence-electron chi connectivity index (χ2n) is 7.82. The van der Waals surface area contributed by atoms with Gasteiger partial charge in [0.05, 0.1) is 12.3 Å². The van der Waals surface area contributed by atoms with Gasteiger partial charge < -0.3 is 10.2 Å². The van der Waals surface area contributed by atoms with E-state index in [2.05, 4.69) is 5.32 Å². The third kappa shape index (κ3) is 6.59. The Morgan fingerprint density at radius 1 is 0.676 bits per heavy atom. The molecule has 4 rings (SSSR count). The predicted molar refractivity (Wildman–Crippen MR) is 141 cm³/mol. The molecular weight excluding hydrogens is 440 g/mol. The maximum absolute atomic E-state index is 13.4. The zero-order valence-electron chi connectivity index (χ0n) is 18.8. The van der Waals surface area contributed by atoms with Crippen LogP contribution in [0.2, 0.25) is 0 Å². The molecule has 0 aliphatic rings. The van der Waals surface area contributed by atoms with Gasteiger partial charge in [-0.2, -0.15) is 0 Å². The lowest BCUT2D eigenvalue weighted by Gasteiger charge is -2.23. The van der Waals surface area contributed by atoms with Gasteiger partial charge in [-0.15, -0.1) is 11.8 Å². The minimum Gasteiger partial charge on any atom is -0.325 e. The summed E-state index contributed by atoms with van der Waals surface area (Å²) < 4.78 is 0. The van der Waals surface area contributed by atoms with E-state index in [0.29, 0.717) is 23.6 Å². The Balaban J connectivity index is 1.37. The fourth-order valence-electron chi connectivity index (χ4n) is 3.53. The number of thioether (sulfide) groups is 1. The van der Waals surface area contributed by atoms with Crippen molar-refractivity contribution in [2.75, 3.05) is 16.0 Å². The Labute approximate surface area is 204 Å². The van der Waals surface area contributed by atoms with E-state index in [1.165, 1.54) is 0 Å². The van der Waals surface area contributed by atoms with Crippen LogP contribution in [-0.4, -0.2) is 17.6 Å². The number of hydrogen-bond donors (Lipinski definition) is 1. The molecule has 170 valence electrons. The Hall–Kier alpha value is -3.83. The van der Waals surface area contributed by atoms with E-state index in [4.69, 9.17) is 0 Å². The van der Waals surface area contributed by atoms with Crippen molar-refractivity contribution in [1.29, 1.82) is 0 Å². The van der Waals surface area contributed by atoms with E-state index < -0.39 is 0 Å². The van der Waals surface area contributed by atoms with Crippen LogP contribution < -0.4 is 10.2 Å². The van der Waals surface area contributed by atoms with Gasteiger partial charge in [-0.05, 0) is 47.5 Å². The summed E-state index contributed by atoms with van der Waals surface area (Å²) in [6.45, 7) is 0.498. The molecule has 4 nitrogen and oxygen atoms in total. The number of amides is 2. The van der Waals surface area contributed by atoms with Gasteiger partial charge in [-0.25, -0.2) is 0 Å². The lowest BCUT2D eigenvalue weighted by molar-refractivity contribution is -0.113. The number of nitrogens with one attached hydrogen (secondary N) is 1. The molecule has 0 aliphatic carbocycles. The number of rotatable bonds is 9. The van der Waals surface area contributed by atoms with Gasteiger partial charge >= 0.3 is 0 Å². The van der Waals surface area contributed by atoms with Gasteiger partial charge in [0, 0.05) is 22.7 Å². The van der Waals surface area contributed by atoms with Gasteiger partial charge in [0.1, 0.15) is 0 Å². The van der Waals surface area contributed by atoms with Crippen molar-refractivity contribution in [1.82, 2.24) is 0 Å². The van der Waals surface area contributed by atoms with Crippen molar-refractivity contribution < 1.29 is 9.59 Å². The molecule has 0 saturated heterocycles. The molecule has 0 aromatic heterocycles. The fourth-order valence-corrected chi connectivity index (χ4v) is 4.32. The zero-order chi connectivity index (χ0) is 23.6. The van der Waals surface area contributed by atoms with Crippen LogP contribution in [-0.2, 0) is 17.1 Å². The lowest BCUT2D eigenvalue weighted by Crippen LogP contribution is -2.30. The minimum absolute atomic E-state index is 0.0255. The summed E-state index contributed by atoms with van der Waals surface area (Å²) in [4.78, 5) is 27.3. The van der Waals surface area contributed by atoms with Gasteiger partial charge in [0.15, 0.2) is 0 Å². The van der Waals surface area contributed by atoms with E-state index in [1.807, 2.05) is 115 Å². The summed E-state index contributed by atoms with van der Waals surface area (Å²) in [7, 11) is 0. The Kier molecular flexibility index (Phi) is 8.14. The first kappa shape index (κ1) is 23.3. The number of benzene rings is 4. The normalized spacial score (nSPS) is 10.5. The highest BCUT2D eigenvalue weighted by atomic mass is 32.2. The molecule has 4 aromatic carbocycles. The first-order valence-electron chi connectivity index (χ1n) is 11.1. The maximum atomic E-state index is 13.4. The molecule has 0 saturated carbocycles. The topological polar surface area (TPSA) is 49.4 Å². The highest BCUT2D eigenvalue weighted by Crippen LogP contribution is 2.21. The number of para-hydroxylation sites is 2. The number of hydrogen-bond acceptors (Lipinski definition) is 3. The Bertz CT molecular complexity index is 1200. The van der Waals surface area contributed by atoms with Crippen molar-refractivity contribution in [3.8, 4) is 0 Å². The van der Waals surface area contributed by atoms with E-state index in [9.17, 15) is 9.59 Å². The quantitative estimate of drug-likeness (QED) is 0.310. The second kappa shape index (κ2) is 11.9. The first-order chi connectivity index (χ1) is 16.7. The number of carbonyl (C=O) groups is 2. The third-order valence-electron chi connectivity index (χ3n) is 5.26. The summed E-state index contributed by atoms with van der Waals surface area (Å²) >= 11 is 1.55. The molecule has 0 atom stereocenters. The van der Waals surface area contributed by atoms with E-state index in [0.717, 1.165) is 22.5 Å². The van der Waals surface area contributed by atoms with Crippen molar-refractivity contribution in [2.45, 2.75) is 12.3 Å². The van der Waals surface area contributed by atoms with Crippen LogP contribution in [0.1, 0.15) is 21.5 Å². The molecule has 0 bridgehead atoms. The molecule has 1 N–H and O–H groups in total. The average Bonchev–Trinajstić information content (AvgIpc) is 2.89. The highest BCUT2D eigenvalue weighted by Gasteiger charge is 2.18. The second-order valence-corrected chi connectivity index (χ2v) is 8.80. The van der Waals surface area contributed by atoms with Crippen LogP contribution in [0.4, 0.5) is 11.4 Å². The zero-order valence-corrected chi connectivity index (χ0v) is 19.6. The van der Waals surface area contributed by atoms with E-state index >= 15 is 0 Å². The number of anilines is 2. The minimum atomic E-state index is -0.0449. The van der Waals surface area contributed by atoms with E-state index in [-0.39, 0.29) is 11.8 Å².